The molecule has 0 bridgehead atoms. The smallest absolute Gasteiger partial charge is 0.0621 e. The van der Waals surface area contributed by atoms with E-state index in [-0.39, 0.29) is 6.04 Å². The molecule has 1 heterocycles. The first-order valence-electron chi connectivity index (χ1n) is 6.53. The Labute approximate surface area is 110 Å². The fraction of sp³-hybridized carbons (Fsp3) is 0.643. The van der Waals surface area contributed by atoms with Gasteiger partial charge in [0.1, 0.15) is 0 Å². The second-order valence-corrected chi connectivity index (χ2v) is 5.05. The third-order valence-electron chi connectivity index (χ3n) is 3.37. The summed E-state index contributed by atoms with van der Waals surface area (Å²) in [5.74, 6) is 0.596. The van der Waals surface area contributed by atoms with Crippen molar-refractivity contribution < 1.29 is 0 Å². The molecule has 2 unspecified atom stereocenters. The van der Waals surface area contributed by atoms with Gasteiger partial charge in [0.05, 0.1) is 5.02 Å². The zero-order valence-corrected chi connectivity index (χ0v) is 11.6. The summed E-state index contributed by atoms with van der Waals surface area (Å²) in [6.07, 6.45) is 9.18. The number of nitrogens with two attached hydrogens (primary N) is 1. The Morgan fingerprint density at radius 1 is 1.41 bits per heavy atom. The van der Waals surface area contributed by atoms with Crippen LogP contribution in [-0.4, -0.2) is 11.0 Å². The maximum absolute atomic E-state index is 6.29. The largest absolute Gasteiger partial charge is 0.327 e. The van der Waals surface area contributed by atoms with Crippen LogP contribution in [-0.2, 0) is 6.42 Å². The molecule has 1 aromatic heterocycles. The fourth-order valence-electron chi connectivity index (χ4n) is 2.18. The lowest BCUT2D eigenvalue weighted by atomic mass is 9.88. The molecular formula is C14H23ClN2. The molecule has 0 aromatic carbocycles. The molecule has 0 amide bonds. The van der Waals surface area contributed by atoms with E-state index in [9.17, 15) is 0 Å². The van der Waals surface area contributed by atoms with Gasteiger partial charge in [-0.15, -0.1) is 0 Å². The van der Waals surface area contributed by atoms with Gasteiger partial charge >= 0.3 is 0 Å². The summed E-state index contributed by atoms with van der Waals surface area (Å²) in [5.41, 5.74) is 7.41. The van der Waals surface area contributed by atoms with Gasteiger partial charge in [-0.05, 0) is 30.4 Å². The van der Waals surface area contributed by atoms with E-state index in [1.165, 1.54) is 19.3 Å². The molecule has 1 rings (SSSR count). The Bertz CT molecular complexity index is 328. The lowest BCUT2D eigenvalue weighted by Crippen LogP contribution is -2.32. The molecule has 0 spiro atoms. The molecule has 0 aliphatic carbocycles. The van der Waals surface area contributed by atoms with E-state index in [4.69, 9.17) is 17.3 Å². The highest BCUT2D eigenvalue weighted by molar-refractivity contribution is 6.31. The van der Waals surface area contributed by atoms with Gasteiger partial charge in [0.25, 0.3) is 0 Å². The number of pyridine rings is 1. The summed E-state index contributed by atoms with van der Waals surface area (Å²) in [4.78, 5) is 3.99. The first-order valence-corrected chi connectivity index (χ1v) is 6.90. The van der Waals surface area contributed by atoms with Gasteiger partial charge in [-0.3, -0.25) is 4.98 Å². The van der Waals surface area contributed by atoms with Crippen molar-refractivity contribution >= 4 is 11.6 Å². The maximum Gasteiger partial charge on any atom is 0.0621 e. The quantitative estimate of drug-likeness (QED) is 0.803. The van der Waals surface area contributed by atoms with Gasteiger partial charge in [-0.25, -0.2) is 0 Å². The van der Waals surface area contributed by atoms with Crippen molar-refractivity contribution in [3.8, 4) is 0 Å². The minimum absolute atomic E-state index is 0.200. The highest BCUT2D eigenvalue weighted by Crippen LogP contribution is 2.21. The van der Waals surface area contributed by atoms with Gasteiger partial charge < -0.3 is 5.73 Å². The molecule has 0 aliphatic rings. The number of halogens is 1. The van der Waals surface area contributed by atoms with Gasteiger partial charge in [0, 0.05) is 18.4 Å². The van der Waals surface area contributed by atoms with E-state index in [2.05, 4.69) is 18.8 Å². The molecule has 2 nitrogen and oxygen atoms in total. The monoisotopic (exact) mass is 254 g/mol. The van der Waals surface area contributed by atoms with Gasteiger partial charge in [0.15, 0.2) is 0 Å². The van der Waals surface area contributed by atoms with Crippen LogP contribution in [0.2, 0.25) is 5.02 Å². The van der Waals surface area contributed by atoms with Crippen LogP contribution in [0.25, 0.3) is 0 Å². The van der Waals surface area contributed by atoms with Crippen LogP contribution in [0.5, 0.6) is 0 Å². The van der Waals surface area contributed by atoms with Crippen LogP contribution in [0.4, 0.5) is 0 Å². The van der Waals surface area contributed by atoms with Crippen LogP contribution in [0.3, 0.4) is 0 Å². The molecule has 0 aliphatic heterocycles. The van der Waals surface area contributed by atoms with Crippen molar-refractivity contribution in [1.29, 1.82) is 0 Å². The Hall–Kier alpha value is -0.600. The number of hydrogen-bond donors (Lipinski definition) is 1. The van der Waals surface area contributed by atoms with Crippen molar-refractivity contribution in [2.75, 3.05) is 0 Å². The van der Waals surface area contributed by atoms with Gasteiger partial charge in [0.2, 0.25) is 0 Å². The summed E-state index contributed by atoms with van der Waals surface area (Å²) in [6, 6.07) is 2.17. The summed E-state index contributed by atoms with van der Waals surface area (Å²) in [7, 11) is 0. The molecule has 0 fully saturated rings. The molecule has 17 heavy (non-hydrogen) atoms. The molecule has 0 saturated carbocycles. The van der Waals surface area contributed by atoms with Crippen molar-refractivity contribution in [2.24, 2.45) is 11.7 Å². The minimum Gasteiger partial charge on any atom is -0.327 e. The normalized spacial score (nSPS) is 14.6. The van der Waals surface area contributed by atoms with E-state index in [1.807, 2.05) is 6.07 Å². The lowest BCUT2D eigenvalue weighted by Gasteiger charge is -2.22. The predicted octanol–water partition coefficient (Wildman–Crippen LogP) is 3.82. The number of rotatable bonds is 7. The third kappa shape index (κ3) is 4.64. The van der Waals surface area contributed by atoms with Crippen molar-refractivity contribution in [2.45, 2.75) is 52.0 Å². The number of hydrogen-bond acceptors (Lipinski definition) is 2. The number of unbranched alkanes of at least 4 members (excludes halogenated alkanes) is 1. The Kier molecular flexibility index (Phi) is 6.53. The number of nitrogens with zero attached hydrogens (tertiary/aromatic N) is 1. The summed E-state index contributed by atoms with van der Waals surface area (Å²) >= 11 is 6.10. The second kappa shape index (κ2) is 7.67. The van der Waals surface area contributed by atoms with E-state index in [0.717, 1.165) is 23.4 Å². The molecule has 0 saturated heterocycles. The van der Waals surface area contributed by atoms with Gasteiger partial charge in [-0.1, -0.05) is 44.7 Å². The van der Waals surface area contributed by atoms with Crippen molar-refractivity contribution in [3.05, 3.63) is 29.0 Å². The molecular weight excluding hydrogens is 232 g/mol. The second-order valence-electron chi connectivity index (χ2n) is 4.65. The van der Waals surface area contributed by atoms with Crippen molar-refractivity contribution in [3.63, 3.8) is 0 Å². The van der Waals surface area contributed by atoms with Crippen LogP contribution in [0.1, 0.15) is 45.1 Å². The molecule has 0 radical (unpaired) electrons. The molecule has 1 aromatic rings. The van der Waals surface area contributed by atoms with Crippen LogP contribution in [0.15, 0.2) is 18.5 Å². The Morgan fingerprint density at radius 2 is 2.18 bits per heavy atom. The molecule has 2 atom stereocenters. The Morgan fingerprint density at radius 3 is 2.76 bits per heavy atom. The highest BCUT2D eigenvalue weighted by atomic mass is 35.5. The van der Waals surface area contributed by atoms with Crippen LogP contribution < -0.4 is 5.73 Å². The van der Waals surface area contributed by atoms with E-state index >= 15 is 0 Å². The fourth-order valence-corrected chi connectivity index (χ4v) is 2.37. The van der Waals surface area contributed by atoms with E-state index in [0.29, 0.717) is 5.92 Å². The van der Waals surface area contributed by atoms with Crippen LogP contribution >= 0.6 is 11.6 Å². The average Bonchev–Trinajstić information content (AvgIpc) is 2.33. The third-order valence-corrected chi connectivity index (χ3v) is 3.71. The lowest BCUT2D eigenvalue weighted by molar-refractivity contribution is 0.369. The first kappa shape index (κ1) is 14.5. The zero-order chi connectivity index (χ0) is 12.7. The average molecular weight is 255 g/mol. The summed E-state index contributed by atoms with van der Waals surface area (Å²) < 4.78 is 0. The summed E-state index contributed by atoms with van der Waals surface area (Å²) in [6.45, 7) is 4.44. The minimum atomic E-state index is 0.200. The van der Waals surface area contributed by atoms with E-state index < -0.39 is 0 Å². The molecule has 2 N–H and O–H groups in total. The van der Waals surface area contributed by atoms with E-state index in [1.54, 1.807) is 12.4 Å². The first-order chi connectivity index (χ1) is 8.19. The predicted molar refractivity (Wildman–Crippen MR) is 74.2 cm³/mol. The molecule has 3 heteroatoms. The van der Waals surface area contributed by atoms with Gasteiger partial charge in [-0.2, -0.15) is 0 Å². The maximum atomic E-state index is 6.29. The SMILES string of the molecule is CCCCC(CC)C(N)Cc1ccncc1Cl. The molecule has 96 valence electrons. The number of aromatic nitrogens is 1. The highest BCUT2D eigenvalue weighted by Gasteiger charge is 2.16. The topological polar surface area (TPSA) is 38.9 Å². The zero-order valence-electron chi connectivity index (χ0n) is 10.8. The summed E-state index contributed by atoms with van der Waals surface area (Å²) in [5, 5.41) is 0.730. The van der Waals surface area contributed by atoms with Crippen LogP contribution in [0, 0.1) is 5.92 Å². The van der Waals surface area contributed by atoms with Crippen molar-refractivity contribution in [1.82, 2.24) is 4.98 Å². The Balaban J connectivity index is 2.57. The standard InChI is InChI=1S/C14H23ClN2/c1-3-5-6-11(4-2)14(16)9-12-7-8-17-10-13(12)15/h7-8,10-11,14H,3-6,9,16H2,1-2H3.